The molecule has 20 heavy (non-hydrogen) atoms. The molecule has 114 valence electrons. The number of hydrogen-bond donors (Lipinski definition) is 5. The van der Waals surface area contributed by atoms with Gasteiger partial charge in [-0.2, -0.15) is 0 Å². The summed E-state index contributed by atoms with van der Waals surface area (Å²) in [5, 5.41) is 25.8. The van der Waals surface area contributed by atoms with E-state index in [1.807, 2.05) is 0 Å². The Kier molecular flexibility index (Phi) is 5.32. The van der Waals surface area contributed by atoms with E-state index in [1.54, 1.807) is 6.92 Å². The Morgan fingerprint density at radius 1 is 1.35 bits per heavy atom. The van der Waals surface area contributed by atoms with Crippen molar-refractivity contribution in [2.24, 2.45) is 0 Å². The number of amides is 3. The van der Waals surface area contributed by atoms with E-state index in [-0.39, 0.29) is 18.5 Å². The minimum absolute atomic E-state index is 0.214. The van der Waals surface area contributed by atoms with E-state index < -0.39 is 30.1 Å². The summed E-state index contributed by atoms with van der Waals surface area (Å²) in [4.78, 5) is 33.6. The van der Waals surface area contributed by atoms with Gasteiger partial charge < -0.3 is 26.2 Å². The van der Waals surface area contributed by atoms with Gasteiger partial charge in [-0.3, -0.25) is 9.59 Å². The van der Waals surface area contributed by atoms with Crippen molar-refractivity contribution in [3.63, 3.8) is 0 Å². The average Bonchev–Trinajstić information content (AvgIpc) is 3.08. The molecule has 0 bridgehead atoms. The first-order valence-electron chi connectivity index (χ1n) is 6.48. The summed E-state index contributed by atoms with van der Waals surface area (Å²) >= 11 is 0. The van der Waals surface area contributed by atoms with Gasteiger partial charge in [-0.1, -0.05) is 0 Å². The maximum absolute atomic E-state index is 11.6. The molecule has 0 aliphatic heterocycles. The lowest BCUT2D eigenvalue weighted by Crippen LogP contribution is -2.51. The van der Waals surface area contributed by atoms with Crippen LogP contribution >= 0.6 is 0 Å². The first-order valence-corrected chi connectivity index (χ1v) is 6.48. The van der Waals surface area contributed by atoms with Crippen LogP contribution in [0.5, 0.6) is 0 Å². The minimum atomic E-state index is -1.54. The van der Waals surface area contributed by atoms with Crippen molar-refractivity contribution >= 4 is 17.9 Å². The number of hydrogen-bond acceptors (Lipinski definition) is 4. The first-order chi connectivity index (χ1) is 9.19. The van der Waals surface area contributed by atoms with Crippen LogP contribution in [0.2, 0.25) is 0 Å². The Labute approximate surface area is 116 Å². The molecule has 3 amide bonds. The molecular formula is C12H21N3O5. The summed E-state index contributed by atoms with van der Waals surface area (Å²) in [6, 6.07) is -1.11. The van der Waals surface area contributed by atoms with Crippen molar-refractivity contribution in [3.05, 3.63) is 0 Å². The van der Waals surface area contributed by atoms with Gasteiger partial charge in [-0.25, -0.2) is 4.79 Å². The molecule has 1 aliphatic rings. The van der Waals surface area contributed by atoms with Gasteiger partial charge in [0.1, 0.15) is 6.04 Å². The van der Waals surface area contributed by atoms with Gasteiger partial charge in [0.05, 0.1) is 12.0 Å². The first kappa shape index (κ1) is 16.2. The van der Waals surface area contributed by atoms with E-state index >= 15 is 0 Å². The summed E-state index contributed by atoms with van der Waals surface area (Å²) in [5.41, 5.74) is -1.54. The summed E-state index contributed by atoms with van der Waals surface area (Å²) in [6.45, 7) is 2.64. The second-order valence-corrected chi connectivity index (χ2v) is 5.40. The zero-order valence-corrected chi connectivity index (χ0v) is 11.6. The number of rotatable bonds is 7. The van der Waals surface area contributed by atoms with Gasteiger partial charge in [-0.05, 0) is 26.7 Å². The molecule has 0 saturated heterocycles. The molecule has 5 N–H and O–H groups in total. The van der Waals surface area contributed by atoms with Gasteiger partial charge >= 0.3 is 12.0 Å². The van der Waals surface area contributed by atoms with Crippen LogP contribution in [0.15, 0.2) is 0 Å². The highest BCUT2D eigenvalue weighted by Crippen LogP contribution is 2.18. The largest absolute Gasteiger partial charge is 0.481 e. The minimum Gasteiger partial charge on any atom is -0.481 e. The Balaban J connectivity index is 2.27. The molecule has 0 radical (unpaired) electrons. The SMILES string of the molecule is CC(NC(=O)NCC(C)(O)CC(=O)O)C(=O)NC1CC1. The highest BCUT2D eigenvalue weighted by molar-refractivity contribution is 5.87. The molecule has 0 heterocycles. The van der Waals surface area contributed by atoms with Crippen molar-refractivity contribution in [1.82, 2.24) is 16.0 Å². The number of aliphatic hydroxyl groups is 1. The van der Waals surface area contributed by atoms with Crippen LogP contribution in [0.1, 0.15) is 33.1 Å². The van der Waals surface area contributed by atoms with Crippen LogP contribution < -0.4 is 16.0 Å². The molecular weight excluding hydrogens is 266 g/mol. The van der Waals surface area contributed by atoms with E-state index in [9.17, 15) is 19.5 Å². The lowest BCUT2D eigenvalue weighted by atomic mass is 10.0. The fourth-order valence-corrected chi connectivity index (χ4v) is 1.53. The molecule has 2 unspecified atom stereocenters. The molecule has 0 aromatic carbocycles. The van der Waals surface area contributed by atoms with Crippen LogP contribution in [-0.2, 0) is 9.59 Å². The van der Waals surface area contributed by atoms with E-state index in [4.69, 9.17) is 5.11 Å². The summed E-state index contributed by atoms with van der Waals surface area (Å²) in [5.74, 6) is -1.42. The monoisotopic (exact) mass is 287 g/mol. The smallest absolute Gasteiger partial charge is 0.315 e. The van der Waals surface area contributed by atoms with E-state index in [0.29, 0.717) is 0 Å². The predicted octanol–water partition coefficient (Wildman–Crippen LogP) is -0.822. The third-order valence-corrected chi connectivity index (χ3v) is 2.83. The number of carbonyl (C=O) groups is 3. The van der Waals surface area contributed by atoms with E-state index in [1.165, 1.54) is 6.92 Å². The molecule has 2 atom stereocenters. The standard InChI is InChI=1S/C12H21N3O5/c1-7(10(18)15-8-3-4-8)14-11(19)13-6-12(2,20)5-9(16)17/h7-8,20H,3-6H2,1-2H3,(H,15,18)(H,16,17)(H2,13,14,19). The second-order valence-electron chi connectivity index (χ2n) is 5.40. The van der Waals surface area contributed by atoms with Crippen molar-refractivity contribution in [3.8, 4) is 0 Å². The Hall–Kier alpha value is -1.83. The van der Waals surface area contributed by atoms with Crippen LogP contribution in [0, 0.1) is 0 Å². The summed E-state index contributed by atoms with van der Waals surface area (Å²) in [7, 11) is 0. The third kappa shape index (κ3) is 6.37. The number of carboxylic acids is 1. The van der Waals surface area contributed by atoms with Crippen LogP contribution in [0.3, 0.4) is 0 Å². The molecule has 1 rings (SSSR count). The molecule has 0 aromatic rings. The molecule has 1 saturated carbocycles. The third-order valence-electron chi connectivity index (χ3n) is 2.83. The normalized spacial score (nSPS) is 18.6. The van der Waals surface area contributed by atoms with Crippen LogP contribution in [-0.4, -0.2) is 52.4 Å². The number of carboxylic acid groups (broad SMARTS) is 1. The molecule has 0 spiro atoms. The van der Waals surface area contributed by atoms with Gasteiger partial charge in [0.2, 0.25) is 5.91 Å². The summed E-state index contributed by atoms with van der Waals surface area (Å²) in [6.07, 6.45) is 1.44. The number of carbonyl (C=O) groups excluding carboxylic acids is 2. The quantitative estimate of drug-likeness (QED) is 0.418. The zero-order valence-electron chi connectivity index (χ0n) is 11.6. The predicted molar refractivity (Wildman–Crippen MR) is 70.0 cm³/mol. The van der Waals surface area contributed by atoms with Crippen molar-refractivity contribution in [1.29, 1.82) is 0 Å². The zero-order chi connectivity index (χ0) is 15.3. The number of aliphatic carboxylic acids is 1. The average molecular weight is 287 g/mol. The number of urea groups is 1. The summed E-state index contributed by atoms with van der Waals surface area (Å²) < 4.78 is 0. The van der Waals surface area contributed by atoms with Gasteiger partial charge in [0.25, 0.3) is 0 Å². The highest BCUT2D eigenvalue weighted by atomic mass is 16.4. The molecule has 8 nitrogen and oxygen atoms in total. The molecule has 8 heteroatoms. The molecule has 1 aliphatic carbocycles. The molecule has 0 aromatic heterocycles. The van der Waals surface area contributed by atoms with Gasteiger partial charge in [-0.15, -0.1) is 0 Å². The Bertz CT molecular complexity index is 393. The van der Waals surface area contributed by atoms with E-state index in [2.05, 4.69) is 16.0 Å². The topological polar surface area (TPSA) is 128 Å². The van der Waals surface area contributed by atoms with Gasteiger partial charge in [0, 0.05) is 12.6 Å². The maximum Gasteiger partial charge on any atom is 0.315 e. The van der Waals surface area contributed by atoms with Crippen LogP contribution in [0.25, 0.3) is 0 Å². The number of nitrogens with one attached hydrogen (secondary N) is 3. The molecule has 1 fully saturated rings. The van der Waals surface area contributed by atoms with Crippen molar-refractivity contribution < 1.29 is 24.6 Å². The highest BCUT2D eigenvalue weighted by Gasteiger charge is 2.27. The fourth-order valence-electron chi connectivity index (χ4n) is 1.53. The Morgan fingerprint density at radius 3 is 2.45 bits per heavy atom. The Morgan fingerprint density at radius 2 is 1.95 bits per heavy atom. The van der Waals surface area contributed by atoms with Crippen LogP contribution in [0.4, 0.5) is 4.79 Å². The van der Waals surface area contributed by atoms with Gasteiger partial charge in [0.15, 0.2) is 0 Å². The van der Waals surface area contributed by atoms with Crippen molar-refractivity contribution in [2.75, 3.05) is 6.54 Å². The lowest BCUT2D eigenvalue weighted by Gasteiger charge is -2.22. The second kappa shape index (κ2) is 6.56. The van der Waals surface area contributed by atoms with E-state index in [0.717, 1.165) is 12.8 Å². The fraction of sp³-hybridized carbons (Fsp3) is 0.750. The maximum atomic E-state index is 11.6. The van der Waals surface area contributed by atoms with Crippen molar-refractivity contribution in [2.45, 2.75) is 50.8 Å². The lowest BCUT2D eigenvalue weighted by molar-refractivity contribution is -0.141.